The van der Waals surface area contributed by atoms with E-state index in [1.807, 2.05) is 75.5 Å². The summed E-state index contributed by atoms with van der Waals surface area (Å²) in [6, 6.07) is 19.2. The normalized spacial score (nSPS) is 15.5. The van der Waals surface area contributed by atoms with Gasteiger partial charge in [-0.2, -0.15) is 0 Å². The van der Waals surface area contributed by atoms with Gasteiger partial charge in [0.1, 0.15) is 0 Å². The van der Waals surface area contributed by atoms with Gasteiger partial charge in [-0.05, 0) is 0 Å². The van der Waals surface area contributed by atoms with Gasteiger partial charge in [0.15, 0.2) is 0 Å². The molecule has 3 aromatic rings. The van der Waals surface area contributed by atoms with Crippen LogP contribution in [0.4, 0.5) is 14.0 Å². The van der Waals surface area contributed by atoms with Gasteiger partial charge in [0.25, 0.3) is 0 Å². The Labute approximate surface area is 244 Å². The van der Waals surface area contributed by atoms with Crippen LogP contribution in [0, 0.1) is 5.41 Å². The number of hydrogen-bond donors (Lipinski definition) is 1. The Hall–Kier alpha value is -3.32. The van der Waals surface area contributed by atoms with Gasteiger partial charge in [-0.25, -0.2) is 0 Å². The van der Waals surface area contributed by atoms with Crippen molar-refractivity contribution in [2.75, 3.05) is 32.7 Å². The van der Waals surface area contributed by atoms with Crippen molar-refractivity contribution >= 4 is 29.0 Å². The Bertz CT molecular complexity index is 1270. The Balaban J connectivity index is 1.79. The predicted octanol–water partition coefficient (Wildman–Crippen LogP) is 4.79. The first-order chi connectivity index (χ1) is 19.1. The number of imidazole rings is 1. The van der Waals surface area contributed by atoms with Gasteiger partial charge in [0.05, 0.1) is 0 Å². The number of nitrogens with zero attached hydrogens (tertiary/aromatic N) is 5. The summed E-state index contributed by atoms with van der Waals surface area (Å²) >= 11 is 1.28. The number of halogens is 1. The number of hydrogen-bond acceptors (Lipinski definition) is 3. The Morgan fingerprint density at radius 1 is 1.00 bits per heavy atom. The van der Waals surface area contributed by atoms with Crippen LogP contribution < -0.4 is 0 Å². The van der Waals surface area contributed by atoms with E-state index >= 15 is 4.39 Å². The fourth-order valence-corrected chi connectivity index (χ4v) is 5.46. The molecule has 1 unspecified atom stereocenters. The van der Waals surface area contributed by atoms with E-state index in [9.17, 15) is 14.7 Å². The van der Waals surface area contributed by atoms with E-state index in [-0.39, 0.29) is 38.8 Å². The number of benzene rings is 2. The number of alkyl halides is 1. The van der Waals surface area contributed by atoms with Crippen molar-refractivity contribution in [1.82, 2.24) is 24.3 Å². The van der Waals surface area contributed by atoms with Gasteiger partial charge < -0.3 is 0 Å². The van der Waals surface area contributed by atoms with Crippen LogP contribution in [0.15, 0.2) is 66.9 Å². The molecule has 3 atom stereocenters. The van der Waals surface area contributed by atoms with E-state index in [1.165, 1.54) is 21.8 Å². The van der Waals surface area contributed by atoms with Gasteiger partial charge in [0, 0.05) is 0 Å². The number of amides is 3. The third-order valence-electron chi connectivity index (χ3n) is 7.17. The molecular formula is C30H39AsFN5O3. The first-order valence-electron chi connectivity index (χ1n) is 13.6. The Morgan fingerprint density at radius 3 is 2.12 bits per heavy atom. The summed E-state index contributed by atoms with van der Waals surface area (Å²) in [6.07, 6.45) is -0.161. The molecule has 3 amide bonds. The molecule has 2 heterocycles. The fraction of sp³-hybridized carbons (Fsp3) is 0.433. The molecule has 1 aliphatic heterocycles. The first-order valence-corrected chi connectivity index (χ1v) is 15.3. The number of urea groups is 1. The number of aromatic nitrogens is 2. The summed E-state index contributed by atoms with van der Waals surface area (Å²) in [5, 5.41) is 9.71. The van der Waals surface area contributed by atoms with Crippen LogP contribution in [-0.2, 0) is 6.54 Å². The molecule has 0 radical (unpaired) electrons. The van der Waals surface area contributed by atoms with Gasteiger partial charge in [-0.3, -0.25) is 0 Å². The maximum absolute atomic E-state index is 15.1. The van der Waals surface area contributed by atoms with Gasteiger partial charge in [-0.15, -0.1) is 0 Å². The second-order valence-corrected chi connectivity index (χ2v) is 12.2. The van der Waals surface area contributed by atoms with E-state index < -0.39 is 23.7 Å². The quantitative estimate of drug-likeness (QED) is 0.372. The van der Waals surface area contributed by atoms with Crippen LogP contribution in [0.3, 0.4) is 0 Å². The van der Waals surface area contributed by atoms with Crippen LogP contribution in [0.5, 0.6) is 0 Å². The van der Waals surface area contributed by atoms with Crippen molar-refractivity contribution in [1.29, 1.82) is 0 Å². The molecule has 1 N–H and O–H groups in total. The second-order valence-electron chi connectivity index (χ2n) is 11.3. The number of piperazine rings is 1. The standard InChI is InChI=1S/C30H39AsFN5O3/c1-30(2,3)26(37(20-24(32)18-31)28(38)34-14-16-35(17-15-34)29(39)40)27-33-25(23-12-8-5-9-13-23)21-36(27)19-22-10-6-4-7-11-22/h4-13,21,24,26H,14-20,31H2,1-3H3,(H,39,40)/t24-,26+/m1/s1. The number of rotatable bonds is 8. The van der Waals surface area contributed by atoms with E-state index in [0.29, 0.717) is 17.6 Å². The minimum absolute atomic E-state index is 0.0585. The molecule has 8 nitrogen and oxygen atoms in total. The molecule has 1 aliphatic rings. The second kappa shape index (κ2) is 12.9. The monoisotopic (exact) mass is 611 g/mol. The van der Waals surface area contributed by atoms with Crippen LogP contribution >= 0.6 is 0 Å². The van der Waals surface area contributed by atoms with Gasteiger partial charge in [-0.1, -0.05) is 0 Å². The number of carbonyl (C=O) groups excluding carboxylic acids is 1. The molecule has 10 heteroatoms. The summed E-state index contributed by atoms with van der Waals surface area (Å²) in [6.45, 7) is 7.62. The zero-order valence-electron chi connectivity index (χ0n) is 23.4. The molecule has 0 bridgehead atoms. The molecule has 1 fully saturated rings. The minimum atomic E-state index is -1.18. The molecule has 2 aromatic carbocycles. The van der Waals surface area contributed by atoms with Gasteiger partial charge >= 0.3 is 245 Å². The first kappa shape index (κ1) is 29.7. The summed E-state index contributed by atoms with van der Waals surface area (Å²) in [5.41, 5.74) is 2.37. The molecule has 4 rings (SSSR count). The SMILES string of the molecule is CC(C)(C)[C@H](c1nc(-c2ccccc2)cn1Cc1ccccc1)N(C[C@H](F)C[AsH2])C(=O)N1CCN(C(=O)O)CC1. The number of carboxylic acid groups (broad SMARTS) is 1. The summed E-state index contributed by atoms with van der Waals surface area (Å²) in [4.78, 5) is 35.3. The van der Waals surface area contributed by atoms with Crippen LogP contribution in [0.1, 0.15) is 38.2 Å². The molecule has 214 valence electrons. The van der Waals surface area contributed by atoms with Crippen LogP contribution in [-0.4, -0.2) is 97.2 Å². The van der Waals surface area contributed by atoms with Crippen LogP contribution in [0.25, 0.3) is 11.3 Å². The van der Waals surface area contributed by atoms with E-state index in [2.05, 4.69) is 16.7 Å². The molecule has 40 heavy (non-hydrogen) atoms. The topological polar surface area (TPSA) is 81.9 Å². The Morgan fingerprint density at radius 2 is 1.57 bits per heavy atom. The molecule has 0 aliphatic carbocycles. The fourth-order valence-electron chi connectivity index (χ4n) is 5.15. The zero-order chi connectivity index (χ0) is 28.9. The van der Waals surface area contributed by atoms with E-state index in [0.717, 1.165) is 16.8 Å². The number of carbonyl (C=O) groups is 2. The van der Waals surface area contributed by atoms with Crippen molar-refractivity contribution in [3.8, 4) is 11.3 Å². The van der Waals surface area contributed by atoms with Crippen LogP contribution in [0.2, 0.25) is 5.21 Å². The predicted molar refractivity (Wildman–Crippen MR) is 157 cm³/mol. The maximum atomic E-state index is 15.1. The molecule has 1 aromatic heterocycles. The van der Waals surface area contributed by atoms with E-state index in [1.54, 1.807) is 9.80 Å². The molecular weight excluding hydrogens is 572 g/mol. The molecule has 0 spiro atoms. The van der Waals surface area contributed by atoms with Crippen molar-refractivity contribution in [2.45, 2.75) is 44.7 Å². The van der Waals surface area contributed by atoms with Gasteiger partial charge in [0.2, 0.25) is 0 Å². The summed E-state index contributed by atoms with van der Waals surface area (Å²) in [5.74, 6) is 0.696. The summed E-state index contributed by atoms with van der Waals surface area (Å²) in [7, 11) is 0. The van der Waals surface area contributed by atoms with Crippen molar-refractivity contribution in [2.24, 2.45) is 5.41 Å². The van der Waals surface area contributed by atoms with E-state index in [4.69, 9.17) is 4.98 Å². The van der Waals surface area contributed by atoms with Crippen molar-refractivity contribution in [3.63, 3.8) is 0 Å². The molecule has 1 saturated heterocycles. The Kier molecular flexibility index (Phi) is 9.56. The zero-order valence-corrected chi connectivity index (χ0v) is 25.8. The molecule has 0 saturated carbocycles. The third-order valence-corrected chi connectivity index (χ3v) is 8.24. The average Bonchev–Trinajstić information content (AvgIpc) is 3.35. The third kappa shape index (κ3) is 7.05. The van der Waals surface area contributed by atoms with Crippen molar-refractivity contribution < 1.29 is 19.1 Å². The summed E-state index contributed by atoms with van der Waals surface area (Å²) < 4.78 is 17.2. The van der Waals surface area contributed by atoms with Crippen molar-refractivity contribution in [3.05, 3.63) is 78.2 Å². The average molecular weight is 612 g/mol.